The van der Waals surface area contributed by atoms with Gasteiger partial charge in [-0.25, -0.2) is 15.8 Å². The van der Waals surface area contributed by atoms with E-state index in [1.807, 2.05) is 0 Å². The average molecular weight is 227 g/mol. The molecule has 0 bridgehead atoms. The molecule has 0 aliphatic carbocycles. The van der Waals surface area contributed by atoms with E-state index < -0.39 is 0 Å². The number of hydrogen-bond donors (Lipinski definition) is 4. The average Bonchev–Trinajstić information content (AvgIpc) is 2.28. The highest BCUT2D eigenvalue weighted by Gasteiger charge is 2.09. The minimum absolute atomic E-state index is 0.00552. The molecule has 0 unspecified atom stereocenters. The Morgan fingerprint density at radius 1 is 1.31 bits per heavy atom. The molecule has 1 rings (SSSR count). The first-order chi connectivity index (χ1) is 7.71. The standard InChI is InChI=1S/C9H17N5O2/c1-7-11-8(13-10)6-9(12-7)14(2-4-15)3-5-16/h6,15-16H,2-5,10H2,1H3,(H,11,12,13). The molecule has 1 heterocycles. The Hall–Kier alpha value is -1.44. The number of rotatable bonds is 6. The smallest absolute Gasteiger partial charge is 0.145 e. The number of aliphatic hydroxyl groups excluding tert-OH is 2. The van der Waals surface area contributed by atoms with Gasteiger partial charge in [0, 0.05) is 19.2 Å². The Morgan fingerprint density at radius 3 is 2.44 bits per heavy atom. The Bertz CT molecular complexity index is 328. The number of hydrogen-bond acceptors (Lipinski definition) is 7. The van der Waals surface area contributed by atoms with Gasteiger partial charge in [0.25, 0.3) is 0 Å². The lowest BCUT2D eigenvalue weighted by Crippen LogP contribution is -2.31. The molecule has 90 valence electrons. The third-order valence-electron chi connectivity index (χ3n) is 2.04. The first kappa shape index (κ1) is 12.6. The summed E-state index contributed by atoms with van der Waals surface area (Å²) in [7, 11) is 0. The van der Waals surface area contributed by atoms with Crippen LogP contribution in [0.4, 0.5) is 11.6 Å². The fourth-order valence-electron chi connectivity index (χ4n) is 1.37. The maximum Gasteiger partial charge on any atom is 0.145 e. The van der Waals surface area contributed by atoms with Crippen LogP contribution in [0.5, 0.6) is 0 Å². The molecule has 0 spiro atoms. The number of aliphatic hydroxyl groups is 2. The van der Waals surface area contributed by atoms with E-state index in [-0.39, 0.29) is 13.2 Å². The lowest BCUT2D eigenvalue weighted by molar-refractivity contribution is 0.280. The van der Waals surface area contributed by atoms with Gasteiger partial charge >= 0.3 is 0 Å². The molecule has 5 N–H and O–H groups in total. The molecule has 0 saturated carbocycles. The number of aryl methyl sites for hydroxylation is 1. The molecule has 1 aromatic rings. The second-order valence-corrected chi connectivity index (χ2v) is 3.24. The Balaban J connectivity index is 2.93. The Labute approximate surface area is 93.9 Å². The van der Waals surface area contributed by atoms with E-state index in [4.69, 9.17) is 16.1 Å². The molecule has 0 saturated heterocycles. The second-order valence-electron chi connectivity index (χ2n) is 3.24. The summed E-state index contributed by atoms with van der Waals surface area (Å²) >= 11 is 0. The van der Waals surface area contributed by atoms with Crippen molar-refractivity contribution >= 4 is 11.6 Å². The molecule has 0 aliphatic rings. The third-order valence-corrected chi connectivity index (χ3v) is 2.04. The molecule has 7 nitrogen and oxygen atoms in total. The molecular weight excluding hydrogens is 210 g/mol. The minimum atomic E-state index is -0.00552. The van der Waals surface area contributed by atoms with Gasteiger partial charge in [-0.3, -0.25) is 0 Å². The summed E-state index contributed by atoms with van der Waals surface area (Å²) in [6.45, 7) is 2.55. The van der Waals surface area contributed by atoms with Crippen LogP contribution in [0.2, 0.25) is 0 Å². The SMILES string of the molecule is Cc1nc(NN)cc(N(CCO)CCO)n1. The van der Waals surface area contributed by atoms with Crippen molar-refractivity contribution in [3.63, 3.8) is 0 Å². The molecule has 0 aromatic carbocycles. The summed E-state index contributed by atoms with van der Waals surface area (Å²) in [4.78, 5) is 10.0. The van der Waals surface area contributed by atoms with Gasteiger partial charge in [-0.15, -0.1) is 0 Å². The zero-order chi connectivity index (χ0) is 12.0. The van der Waals surface area contributed by atoms with Crippen LogP contribution in [-0.2, 0) is 0 Å². The zero-order valence-electron chi connectivity index (χ0n) is 9.22. The van der Waals surface area contributed by atoms with Crippen LogP contribution in [0.25, 0.3) is 0 Å². The highest BCUT2D eigenvalue weighted by Crippen LogP contribution is 2.14. The van der Waals surface area contributed by atoms with Crippen molar-refractivity contribution in [3.05, 3.63) is 11.9 Å². The lowest BCUT2D eigenvalue weighted by Gasteiger charge is -2.22. The van der Waals surface area contributed by atoms with Crippen LogP contribution in [-0.4, -0.2) is 46.5 Å². The summed E-state index contributed by atoms with van der Waals surface area (Å²) in [6, 6.07) is 1.66. The van der Waals surface area contributed by atoms with Gasteiger partial charge in [-0.05, 0) is 6.92 Å². The van der Waals surface area contributed by atoms with Crippen molar-refractivity contribution in [2.75, 3.05) is 36.6 Å². The minimum Gasteiger partial charge on any atom is -0.395 e. The molecule has 7 heteroatoms. The Kier molecular flexibility index (Phi) is 4.90. The van der Waals surface area contributed by atoms with E-state index in [0.717, 1.165) is 0 Å². The van der Waals surface area contributed by atoms with Gasteiger partial charge in [0.05, 0.1) is 13.2 Å². The highest BCUT2D eigenvalue weighted by atomic mass is 16.3. The molecule has 0 atom stereocenters. The molecule has 0 fully saturated rings. The molecule has 0 amide bonds. The van der Waals surface area contributed by atoms with Gasteiger partial charge in [-0.1, -0.05) is 0 Å². The van der Waals surface area contributed by atoms with Crippen LogP contribution in [0, 0.1) is 6.92 Å². The predicted octanol–water partition coefficient (Wildman–Crippen LogP) is -1.14. The van der Waals surface area contributed by atoms with Crippen molar-refractivity contribution < 1.29 is 10.2 Å². The van der Waals surface area contributed by atoms with Crippen LogP contribution >= 0.6 is 0 Å². The largest absolute Gasteiger partial charge is 0.395 e. The van der Waals surface area contributed by atoms with Gasteiger partial charge in [0.2, 0.25) is 0 Å². The summed E-state index contributed by atoms with van der Waals surface area (Å²) in [5.41, 5.74) is 2.44. The summed E-state index contributed by atoms with van der Waals surface area (Å²) in [5.74, 6) is 6.98. The van der Waals surface area contributed by atoms with Crippen LogP contribution in [0.3, 0.4) is 0 Å². The number of anilines is 2. The van der Waals surface area contributed by atoms with E-state index in [0.29, 0.717) is 30.5 Å². The molecular formula is C9H17N5O2. The quantitative estimate of drug-likeness (QED) is 0.359. The second kappa shape index (κ2) is 6.21. The summed E-state index contributed by atoms with van der Waals surface area (Å²) in [6.07, 6.45) is 0. The van der Waals surface area contributed by atoms with Gasteiger partial charge in [0.15, 0.2) is 0 Å². The van der Waals surface area contributed by atoms with Gasteiger partial charge in [-0.2, -0.15) is 0 Å². The molecule has 16 heavy (non-hydrogen) atoms. The number of nitrogen functional groups attached to an aromatic ring is 1. The van der Waals surface area contributed by atoms with E-state index in [2.05, 4.69) is 15.4 Å². The number of aromatic nitrogens is 2. The highest BCUT2D eigenvalue weighted by molar-refractivity contribution is 5.48. The third kappa shape index (κ3) is 3.30. The first-order valence-electron chi connectivity index (χ1n) is 5.00. The van der Waals surface area contributed by atoms with E-state index in [1.165, 1.54) is 0 Å². The van der Waals surface area contributed by atoms with E-state index in [1.54, 1.807) is 17.9 Å². The molecule has 1 aromatic heterocycles. The number of nitrogens with one attached hydrogen (secondary N) is 1. The van der Waals surface area contributed by atoms with Gasteiger partial charge in [0.1, 0.15) is 17.5 Å². The van der Waals surface area contributed by atoms with E-state index >= 15 is 0 Å². The molecule has 0 radical (unpaired) electrons. The Morgan fingerprint density at radius 2 is 1.94 bits per heavy atom. The van der Waals surface area contributed by atoms with Crippen molar-refractivity contribution in [2.45, 2.75) is 6.92 Å². The normalized spacial score (nSPS) is 10.2. The number of nitrogens with zero attached hydrogens (tertiary/aromatic N) is 3. The fraction of sp³-hybridized carbons (Fsp3) is 0.556. The topological polar surface area (TPSA) is 108 Å². The fourth-order valence-corrected chi connectivity index (χ4v) is 1.37. The molecule has 0 aliphatic heterocycles. The maximum absolute atomic E-state index is 8.91. The maximum atomic E-state index is 8.91. The van der Waals surface area contributed by atoms with Crippen LogP contribution < -0.4 is 16.2 Å². The van der Waals surface area contributed by atoms with Crippen LogP contribution in [0.15, 0.2) is 6.07 Å². The summed E-state index contributed by atoms with van der Waals surface area (Å²) in [5, 5.41) is 17.8. The zero-order valence-corrected chi connectivity index (χ0v) is 9.22. The number of nitrogens with two attached hydrogens (primary N) is 1. The monoisotopic (exact) mass is 227 g/mol. The summed E-state index contributed by atoms with van der Waals surface area (Å²) < 4.78 is 0. The van der Waals surface area contributed by atoms with Crippen molar-refractivity contribution in [1.29, 1.82) is 0 Å². The number of hydrazine groups is 1. The predicted molar refractivity (Wildman–Crippen MR) is 61.0 cm³/mol. The van der Waals surface area contributed by atoms with Gasteiger partial charge < -0.3 is 20.5 Å². The first-order valence-corrected chi connectivity index (χ1v) is 5.00. The van der Waals surface area contributed by atoms with Crippen molar-refractivity contribution in [3.8, 4) is 0 Å². The lowest BCUT2D eigenvalue weighted by atomic mass is 10.4. The van der Waals surface area contributed by atoms with E-state index in [9.17, 15) is 0 Å². The van der Waals surface area contributed by atoms with Crippen molar-refractivity contribution in [2.24, 2.45) is 5.84 Å². The van der Waals surface area contributed by atoms with Crippen molar-refractivity contribution in [1.82, 2.24) is 9.97 Å². The van der Waals surface area contributed by atoms with Crippen LogP contribution in [0.1, 0.15) is 5.82 Å².